The van der Waals surface area contributed by atoms with Crippen molar-refractivity contribution in [2.75, 3.05) is 25.0 Å². The molecule has 0 unspecified atom stereocenters. The third kappa shape index (κ3) is 6.70. The third-order valence-electron chi connectivity index (χ3n) is 6.68. The summed E-state index contributed by atoms with van der Waals surface area (Å²) < 4.78 is 20.1. The molecule has 0 saturated carbocycles. The van der Waals surface area contributed by atoms with Crippen molar-refractivity contribution in [1.82, 2.24) is 25.5 Å². The van der Waals surface area contributed by atoms with Crippen molar-refractivity contribution >= 4 is 23.5 Å². The number of para-hydroxylation sites is 1. The number of aryl methyl sites for hydroxylation is 1. The van der Waals surface area contributed by atoms with Crippen LogP contribution in [0.3, 0.4) is 0 Å². The van der Waals surface area contributed by atoms with Gasteiger partial charge in [-0.1, -0.05) is 18.2 Å². The average Bonchev–Trinajstić information content (AvgIpc) is 3.58. The monoisotopic (exact) mass is 556 g/mol. The highest BCUT2D eigenvalue weighted by Crippen LogP contribution is 2.29. The number of carbonyl (C=O) groups excluding carboxylic acids is 3. The maximum atomic E-state index is 13.9. The van der Waals surface area contributed by atoms with Gasteiger partial charge in [0.25, 0.3) is 11.8 Å². The molecule has 4 amide bonds. The lowest BCUT2D eigenvalue weighted by Crippen LogP contribution is -2.28. The molecule has 5 rings (SSSR count). The molecular formula is C30H29FN6O4. The smallest absolute Gasteiger partial charge is 0.317 e. The van der Waals surface area contributed by atoms with Crippen molar-refractivity contribution in [3.05, 3.63) is 107 Å². The fraction of sp³-hybridized carbons (Fsp3) is 0.200. The lowest BCUT2D eigenvalue weighted by molar-refractivity contribution is 0.0952. The van der Waals surface area contributed by atoms with Crippen molar-refractivity contribution in [3.63, 3.8) is 0 Å². The minimum Gasteiger partial charge on any atom is -0.457 e. The molecule has 0 atom stereocenters. The largest absolute Gasteiger partial charge is 0.457 e. The summed E-state index contributed by atoms with van der Waals surface area (Å²) in [6.07, 6.45) is 2.21. The van der Waals surface area contributed by atoms with Crippen molar-refractivity contribution in [1.29, 1.82) is 0 Å². The molecule has 0 bridgehead atoms. The molecule has 10 nitrogen and oxygen atoms in total. The number of nitrogens with one attached hydrogen (secondary N) is 4. The molecule has 3 aromatic carbocycles. The van der Waals surface area contributed by atoms with Crippen LogP contribution >= 0.6 is 0 Å². The van der Waals surface area contributed by atoms with Gasteiger partial charge in [0.15, 0.2) is 0 Å². The van der Waals surface area contributed by atoms with Crippen molar-refractivity contribution in [3.8, 4) is 11.5 Å². The molecule has 1 saturated heterocycles. The Bertz CT molecular complexity index is 1570. The summed E-state index contributed by atoms with van der Waals surface area (Å²) in [7, 11) is 0. The summed E-state index contributed by atoms with van der Waals surface area (Å²) >= 11 is 0. The summed E-state index contributed by atoms with van der Waals surface area (Å²) in [5, 5.41) is 8.23. The SMILES string of the molecule is Cc1[nH]cnc1CCNC(=O)c1ccc(CN2CCNC2=O)c(Oc2ccc(C(=O)Nc3ccccc3F)cc2)c1. The standard InChI is InChI=1S/C30H29FN6O4/c1-19-25(35-18-34-19)12-13-32-28(38)21-6-7-22(17-37-15-14-33-30(37)40)27(16-21)41-23-10-8-20(9-11-23)29(39)36-26-5-3-2-4-24(26)31/h2-11,16,18H,12-15,17H2,1H3,(H,32,38)(H,33,40)(H,34,35)(H,36,39). The quantitative estimate of drug-likeness (QED) is 0.230. The van der Waals surface area contributed by atoms with E-state index in [4.69, 9.17) is 4.74 Å². The molecule has 11 heteroatoms. The Morgan fingerprint density at radius 2 is 1.83 bits per heavy atom. The van der Waals surface area contributed by atoms with Crippen LogP contribution in [0.4, 0.5) is 14.9 Å². The second-order valence-corrected chi connectivity index (χ2v) is 9.52. The molecule has 4 aromatic rings. The maximum Gasteiger partial charge on any atom is 0.317 e. The van der Waals surface area contributed by atoms with Crippen LogP contribution in [0.1, 0.15) is 37.7 Å². The number of aromatic nitrogens is 2. The first-order chi connectivity index (χ1) is 19.9. The van der Waals surface area contributed by atoms with Gasteiger partial charge in [0.1, 0.15) is 17.3 Å². The molecule has 210 valence electrons. The van der Waals surface area contributed by atoms with E-state index in [1.807, 2.05) is 6.92 Å². The zero-order valence-electron chi connectivity index (χ0n) is 22.4. The van der Waals surface area contributed by atoms with Gasteiger partial charge in [-0.2, -0.15) is 0 Å². The Labute approximate surface area is 235 Å². The van der Waals surface area contributed by atoms with Crippen LogP contribution in [-0.2, 0) is 13.0 Å². The highest BCUT2D eigenvalue weighted by molar-refractivity contribution is 6.04. The molecule has 1 fully saturated rings. The number of amides is 4. The number of nitrogens with zero attached hydrogens (tertiary/aromatic N) is 2. The number of rotatable bonds is 10. The van der Waals surface area contributed by atoms with E-state index in [1.165, 1.54) is 12.1 Å². The van der Waals surface area contributed by atoms with E-state index in [0.717, 1.165) is 11.4 Å². The van der Waals surface area contributed by atoms with Crippen LogP contribution in [0, 0.1) is 12.7 Å². The normalized spacial score (nSPS) is 12.6. The van der Waals surface area contributed by atoms with Gasteiger partial charge in [-0.15, -0.1) is 0 Å². The van der Waals surface area contributed by atoms with Gasteiger partial charge in [0.05, 0.1) is 24.3 Å². The number of halogens is 1. The van der Waals surface area contributed by atoms with E-state index in [0.29, 0.717) is 60.8 Å². The first kappa shape index (κ1) is 27.4. The van der Waals surface area contributed by atoms with Crippen molar-refractivity contribution in [2.24, 2.45) is 0 Å². The average molecular weight is 557 g/mol. The number of ether oxygens (including phenoxy) is 1. The number of urea groups is 1. The van der Waals surface area contributed by atoms with Gasteiger partial charge in [0.2, 0.25) is 0 Å². The third-order valence-corrected chi connectivity index (χ3v) is 6.68. The molecule has 1 aromatic heterocycles. The minimum absolute atomic E-state index is 0.0861. The highest BCUT2D eigenvalue weighted by atomic mass is 19.1. The van der Waals surface area contributed by atoms with E-state index in [-0.39, 0.29) is 17.6 Å². The molecule has 0 aliphatic carbocycles. The Hall–Kier alpha value is -5.19. The Balaban J connectivity index is 1.31. The second kappa shape index (κ2) is 12.3. The molecule has 0 spiro atoms. The van der Waals surface area contributed by atoms with Crippen LogP contribution in [-0.4, -0.2) is 52.3 Å². The number of imidazole rings is 1. The van der Waals surface area contributed by atoms with Gasteiger partial charge >= 0.3 is 6.03 Å². The van der Waals surface area contributed by atoms with Crippen molar-refractivity contribution < 1.29 is 23.5 Å². The van der Waals surface area contributed by atoms with Crippen LogP contribution < -0.4 is 20.7 Å². The number of hydrogen-bond acceptors (Lipinski definition) is 5. The first-order valence-electron chi connectivity index (χ1n) is 13.1. The fourth-order valence-corrected chi connectivity index (χ4v) is 4.38. The van der Waals surface area contributed by atoms with Gasteiger partial charge in [0, 0.05) is 48.4 Å². The van der Waals surface area contributed by atoms with Gasteiger partial charge in [-0.3, -0.25) is 9.59 Å². The molecular weight excluding hydrogens is 527 g/mol. The van der Waals surface area contributed by atoms with Crippen molar-refractivity contribution in [2.45, 2.75) is 19.9 Å². The minimum atomic E-state index is -0.528. The van der Waals surface area contributed by atoms with Gasteiger partial charge < -0.3 is 30.6 Å². The fourth-order valence-electron chi connectivity index (χ4n) is 4.38. The van der Waals surface area contributed by atoms with E-state index < -0.39 is 11.7 Å². The number of hydrogen-bond donors (Lipinski definition) is 4. The number of anilines is 1. The van der Waals surface area contributed by atoms with Gasteiger partial charge in [-0.05, 0) is 55.5 Å². The predicted molar refractivity (Wildman–Crippen MR) is 150 cm³/mol. The zero-order valence-corrected chi connectivity index (χ0v) is 22.4. The summed E-state index contributed by atoms with van der Waals surface area (Å²) in [5.74, 6) is -0.435. The summed E-state index contributed by atoms with van der Waals surface area (Å²) in [6.45, 7) is 3.74. The maximum absolute atomic E-state index is 13.9. The van der Waals surface area contributed by atoms with E-state index >= 15 is 0 Å². The lowest BCUT2D eigenvalue weighted by Gasteiger charge is -2.18. The number of benzene rings is 3. The molecule has 2 heterocycles. The molecule has 1 aliphatic rings. The van der Waals surface area contributed by atoms with Crippen LogP contribution in [0.2, 0.25) is 0 Å². The predicted octanol–water partition coefficient (Wildman–Crippen LogP) is 4.40. The number of aromatic amines is 1. The van der Waals surface area contributed by atoms with Crippen LogP contribution in [0.15, 0.2) is 73.1 Å². The Kier molecular flexibility index (Phi) is 8.23. The Morgan fingerprint density at radius 1 is 1.05 bits per heavy atom. The van der Waals surface area contributed by atoms with Gasteiger partial charge in [-0.25, -0.2) is 14.2 Å². The van der Waals surface area contributed by atoms with Crippen LogP contribution in [0.25, 0.3) is 0 Å². The zero-order chi connectivity index (χ0) is 28.8. The molecule has 41 heavy (non-hydrogen) atoms. The van der Waals surface area contributed by atoms with E-state index in [9.17, 15) is 18.8 Å². The topological polar surface area (TPSA) is 128 Å². The van der Waals surface area contributed by atoms with E-state index in [2.05, 4.69) is 25.9 Å². The molecule has 0 radical (unpaired) electrons. The second-order valence-electron chi connectivity index (χ2n) is 9.52. The molecule has 1 aliphatic heterocycles. The summed E-state index contributed by atoms with van der Waals surface area (Å²) in [5.41, 5.74) is 3.36. The van der Waals surface area contributed by atoms with Crippen LogP contribution in [0.5, 0.6) is 11.5 Å². The number of carbonyl (C=O) groups is 3. The highest BCUT2D eigenvalue weighted by Gasteiger charge is 2.22. The molecule has 4 N–H and O–H groups in total. The first-order valence-corrected chi connectivity index (χ1v) is 13.1. The lowest BCUT2D eigenvalue weighted by atomic mass is 10.1. The summed E-state index contributed by atoms with van der Waals surface area (Å²) in [4.78, 5) is 46.6. The number of H-pyrrole nitrogens is 1. The summed E-state index contributed by atoms with van der Waals surface area (Å²) in [6, 6.07) is 17.2. The van der Waals surface area contributed by atoms with E-state index in [1.54, 1.807) is 65.8 Å². The Morgan fingerprint density at radius 3 is 2.54 bits per heavy atom.